The Kier molecular flexibility index (Phi) is 6.45. The fraction of sp³-hybridized carbons (Fsp3) is 0.429. The molecule has 116 valence electrons. The van der Waals surface area contributed by atoms with Crippen LogP contribution >= 0.6 is 0 Å². The molecule has 0 unspecified atom stereocenters. The van der Waals surface area contributed by atoms with Gasteiger partial charge in [-0.05, 0) is 30.2 Å². The second-order valence-corrected chi connectivity index (χ2v) is 5.12. The first-order valence-electron chi connectivity index (χ1n) is 6.70. The Balaban J connectivity index is 2.67. The van der Waals surface area contributed by atoms with Gasteiger partial charge in [-0.3, -0.25) is 0 Å². The van der Waals surface area contributed by atoms with E-state index < -0.39 is 0 Å². The number of amides is 2. The van der Waals surface area contributed by atoms with Gasteiger partial charge in [0.2, 0.25) is 0 Å². The number of oxime groups is 1. The molecular weight excluding hydrogens is 275 g/mol. The summed E-state index contributed by atoms with van der Waals surface area (Å²) in [6.45, 7) is 4.84. The van der Waals surface area contributed by atoms with Crippen molar-refractivity contribution in [3.05, 3.63) is 30.1 Å². The Labute approximate surface area is 123 Å². The van der Waals surface area contributed by atoms with E-state index in [-0.39, 0.29) is 30.0 Å². The minimum Gasteiger partial charge on any atom is -0.409 e. The van der Waals surface area contributed by atoms with Crippen LogP contribution in [0.5, 0.6) is 0 Å². The van der Waals surface area contributed by atoms with Crippen molar-refractivity contribution in [3.8, 4) is 0 Å². The van der Waals surface area contributed by atoms with E-state index in [0.29, 0.717) is 18.8 Å². The number of hydrogen-bond acceptors (Lipinski definition) is 3. The molecule has 0 aliphatic rings. The van der Waals surface area contributed by atoms with Crippen LogP contribution in [-0.2, 0) is 0 Å². The van der Waals surface area contributed by atoms with Crippen LogP contribution in [-0.4, -0.2) is 35.1 Å². The smallest absolute Gasteiger partial charge is 0.321 e. The third kappa shape index (κ3) is 6.11. The van der Waals surface area contributed by atoms with E-state index in [0.717, 1.165) is 0 Å². The van der Waals surface area contributed by atoms with E-state index in [1.807, 2.05) is 13.8 Å². The number of anilines is 1. The Bertz CT molecular complexity index is 488. The Morgan fingerprint density at radius 2 is 2.05 bits per heavy atom. The lowest BCUT2D eigenvalue weighted by Gasteiger charge is -2.24. The second kappa shape index (κ2) is 8.08. The van der Waals surface area contributed by atoms with Crippen LogP contribution in [0.4, 0.5) is 14.9 Å². The molecule has 6 nitrogen and oxygen atoms in total. The molecule has 0 aliphatic heterocycles. The van der Waals surface area contributed by atoms with E-state index in [2.05, 4.69) is 10.5 Å². The van der Waals surface area contributed by atoms with Crippen molar-refractivity contribution in [2.45, 2.75) is 20.3 Å². The standard InChI is InChI=1S/C14H21FN4O2/c1-10(2)9-19(8-7-13(16)18-21)14(20)17-12-5-3-11(15)4-6-12/h3-6,10,21H,7-9H2,1-2H3,(H2,16,18)(H,17,20). The minimum absolute atomic E-state index is 0.0679. The van der Waals surface area contributed by atoms with E-state index >= 15 is 0 Å². The first-order chi connectivity index (χ1) is 9.92. The minimum atomic E-state index is -0.362. The predicted molar refractivity (Wildman–Crippen MR) is 79.9 cm³/mol. The number of hydrogen-bond donors (Lipinski definition) is 3. The third-order valence-corrected chi connectivity index (χ3v) is 2.73. The zero-order chi connectivity index (χ0) is 15.8. The van der Waals surface area contributed by atoms with Crippen molar-refractivity contribution in [1.29, 1.82) is 0 Å². The first kappa shape index (κ1) is 16.7. The molecule has 0 radical (unpaired) electrons. The lowest BCUT2D eigenvalue weighted by atomic mass is 10.2. The maximum absolute atomic E-state index is 12.8. The summed E-state index contributed by atoms with van der Waals surface area (Å²) in [5.41, 5.74) is 5.93. The highest BCUT2D eigenvalue weighted by Gasteiger charge is 2.15. The van der Waals surface area contributed by atoms with E-state index in [1.165, 1.54) is 24.3 Å². The summed E-state index contributed by atoms with van der Waals surface area (Å²) in [6.07, 6.45) is 0.278. The molecule has 0 aromatic heterocycles. The molecule has 0 bridgehead atoms. The predicted octanol–water partition coefficient (Wildman–Crippen LogP) is 2.45. The highest BCUT2D eigenvalue weighted by molar-refractivity contribution is 5.89. The molecule has 0 fully saturated rings. The summed E-state index contributed by atoms with van der Waals surface area (Å²) in [5, 5.41) is 14.1. The number of amidine groups is 1. The van der Waals surface area contributed by atoms with Crippen molar-refractivity contribution >= 4 is 17.6 Å². The molecule has 1 aromatic rings. The zero-order valence-electron chi connectivity index (χ0n) is 12.2. The Hall–Kier alpha value is -2.31. The summed E-state index contributed by atoms with van der Waals surface area (Å²) < 4.78 is 12.8. The van der Waals surface area contributed by atoms with E-state index in [1.54, 1.807) is 4.90 Å². The maximum atomic E-state index is 12.8. The van der Waals surface area contributed by atoms with Gasteiger partial charge in [-0.2, -0.15) is 0 Å². The van der Waals surface area contributed by atoms with E-state index in [9.17, 15) is 9.18 Å². The molecule has 21 heavy (non-hydrogen) atoms. The van der Waals surface area contributed by atoms with Gasteiger partial charge in [0.05, 0.1) is 0 Å². The monoisotopic (exact) mass is 296 g/mol. The number of urea groups is 1. The maximum Gasteiger partial charge on any atom is 0.321 e. The van der Waals surface area contributed by atoms with E-state index in [4.69, 9.17) is 10.9 Å². The average Bonchev–Trinajstić information content (AvgIpc) is 2.45. The van der Waals surface area contributed by atoms with Crippen LogP contribution in [0.25, 0.3) is 0 Å². The summed E-state index contributed by atoms with van der Waals surface area (Å²) in [5.74, 6) is -0.0198. The van der Waals surface area contributed by atoms with Gasteiger partial charge >= 0.3 is 6.03 Å². The van der Waals surface area contributed by atoms with Gasteiger partial charge in [-0.15, -0.1) is 0 Å². The highest BCUT2D eigenvalue weighted by Crippen LogP contribution is 2.10. The van der Waals surface area contributed by atoms with Crippen molar-refractivity contribution in [3.63, 3.8) is 0 Å². The van der Waals surface area contributed by atoms with Crippen LogP contribution in [0.2, 0.25) is 0 Å². The second-order valence-electron chi connectivity index (χ2n) is 5.12. The van der Waals surface area contributed by atoms with Crippen molar-refractivity contribution in [2.24, 2.45) is 16.8 Å². The lowest BCUT2D eigenvalue weighted by Crippen LogP contribution is -2.39. The Morgan fingerprint density at radius 3 is 2.57 bits per heavy atom. The number of nitrogens with zero attached hydrogens (tertiary/aromatic N) is 2. The van der Waals surface area contributed by atoms with Gasteiger partial charge < -0.3 is 21.2 Å². The van der Waals surface area contributed by atoms with Crippen LogP contribution in [0.3, 0.4) is 0 Å². The van der Waals surface area contributed by atoms with Crippen LogP contribution < -0.4 is 11.1 Å². The number of benzene rings is 1. The summed E-state index contributed by atoms with van der Waals surface area (Å²) in [4.78, 5) is 13.8. The number of nitrogens with two attached hydrogens (primary N) is 1. The van der Waals surface area contributed by atoms with Gasteiger partial charge in [-0.1, -0.05) is 19.0 Å². The van der Waals surface area contributed by atoms with Gasteiger partial charge in [0.25, 0.3) is 0 Å². The van der Waals surface area contributed by atoms with Crippen LogP contribution in [0, 0.1) is 11.7 Å². The van der Waals surface area contributed by atoms with Gasteiger partial charge in [0.1, 0.15) is 11.7 Å². The van der Waals surface area contributed by atoms with Crippen molar-refractivity contribution in [2.75, 3.05) is 18.4 Å². The highest BCUT2D eigenvalue weighted by atomic mass is 19.1. The van der Waals surface area contributed by atoms with Gasteiger partial charge in [0, 0.05) is 25.2 Å². The molecule has 0 atom stereocenters. The molecule has 1 rings (SSSR count). The number of carbonyl (C=O) groups excluding carboxylic acids is 1. The fourth-order valence-corrected chi connectivity index (χ4v) is 1.75. The van der Waals surface area contributed by atoms with Gasteiger partial charge in [-0.25, -0.2) is 9.18 Å². The molecule has 7 heteroatoms. The number of carbonyl (C=O) groups is 1. The van der Waals surface area contributed by atoms with Gasteiger partial charge in [0.15, 0.2) is 0 Å². The molecule has 0 aliphatic carbocycles. The summed E-state index contributed by atoms with van der Waals surface area (Å²) in [7, 11) is 0. The average molecular weight is 296 g/mol. The lowest BCUT2D eigenvalue weighted by molar-refractivity contribution is 0.206. The Morgan fingerprint density at radius 1 is 1.43 bits per heavy atom. The quantitative estimate of drug-likeness (QED) is 0.326. The fourth-order valence-electron chi connectivity index (χ4n) is 1.75. The number of halogens is 1. The zero-order valence-corrected chi connectivity index (χ0v) is 12.2. The summed E-state index contributed by atoms with van der Waals surface area (Å²) >= 11 is 0. The van der Waals surface area contributed by atoms with Crippen LogP contribution in [0.15, 0.2) is 29.4 Å². The number of rotatable bonds is 6. The first-order valence-corrected chi connectivity index (χ1v) is 6.70. The SMILES string of the molecule is CC(C)CN(CCC(N)=NO)C(=O)Nc1ccc(F)cc1. The largest absolute Gasteiger partial charge is 0.409 e. The van der Waals surface area contributed by atoms with Crippen LogP contribution in [0.1, 0.15) is 20.3 Å². The molecule has 0 saturated heterocycles. The van der Waals surface area contributed by atoms with Crippen molar-refractivity contribution in [1.82, 2.24) is 4.90 Å². The van der Waals surface area contributed by atoms with Crippen molar-refractivity contribution < 1.29 is 14.4 Å². The molecule has 0 saturated carbocycles. The number of nitrogens with one attached hydrogen (secondary N) is 1. The molecular formula is C14H21FN4O2. The third-order valence-electron chi connectivity index (χ3n) is 2.73. The molecule has 4 N–H and O–H groups in total. The summed E-state index contributed by atoms with van der Waals surface area (Å²) in [6, 6.07) is 5.23. The normalized spacial score (nSPS) is 11.5. The molecule has 2 amide bonds. The molecule has 0 heterocycles. The molecule has 1 aromatic carbocycles. The topological polar surface area (TPSA) is 90.9 Å². The molecule has 0 spiro atoms.